The normalized spacial score (nSPS) is 26.8. The number of nitrogens with zero attached hydrogens (tertiary/aromatic N) is 1. The van der Waals surface area contributed by atoms with Gasteiger partial charge in [0, 0.05) is 0 Å². The highest BCUT2D eigenvalue weighted by atomic mass is 19.1. The molecule has 1 aromatic carbocycles. The van der Waals surface area contributed by atoms with Gasteiger partial charge in [0.05, 0.1) is 0 Å². The lowest BCUT2D eigenvalue weighted by molar-refractivity contribution is 0.246. The summed E-state index contributed by atoms with van der Waals surface area (Å²) in [6, 6.07) is 11.1. The van der Waals surface area contributed by atoms with Crippen LogP contribution in [0.3, 0.4) is 0 Å². The van der Waals surface area contributed by atoms with Gasteiger partial charge in [-0.2, -0.15) is 9.65 Å². The lowest BCUT2D eigenvalue weighted by atomic mass is 9.74. The van der Waals surface area contributed by atoms with Crippen LogP contribution in [-0.4, -0.2) is 0 Å². The molecule has 0 amide bonds. The van der Waals surface area contributed by atoms with Crippen LogP contribution in [-0.2, 0) is 6.42 Å². The van der Waals surface area contributed by atoms with Gasteiger partial charge in [0.15, 0.2) is 5.83 Å². The first-order valence-corrected chi connectivity index (χ1v) is 13.2. The Balaban J connectivity index is 1.32. The molecule has 0 bridgehead atoms. The van der Waals surface area contributed by atoms with E-state index in [1.807, 2.05) is 0 Å². The summed E-state index contributed by atoms with van der Waals surface area (Å²) in [5.41, 5.74) is 3.07. The number of hydrogen-bond donors (Lipinski definition) is 0. The second-order valence-corrected chi connectivity index (χ2v) is 10.3. The quantitative estimate of drug-likeness (QED) is 0.204. The number of halogens is 1. The molecule has 2 aliphatic carbocycles. The van der Waals surface area contributed by atoms with E-state index in [9.17, 15) is 4.39 Å². The van der Waals surface area contributed by atoms with Crippen molar-refractivity contribution in [2.45, 2.75) is 103 Å². The number of rotatable bonds is 10. The van der Waals surface area contributed by atoms with Crippen molar-refractivity contribution in [2.75, 3.05) is 0 Å². The Labute approximate surface area is 195 Å². The fourth-order valence-corrected chi connectivity index (χ4v) is 5.80. The molecule has 2 heteroatoms. The van der Waals surface area contributed by atoms with Crippen LogP contribution < -0.4 is 0 Å². The third-order valence-electron chi connectivity index (χ3n) is 7.97. The van der Waals surface area contributed by atoms with Crippen molar-refractivity contribution in [2.24, 2.45) is 17.8 Å². The molecule has 0 aromatic heterocycles. The Hall–Kier alpha value is -1.88. The standard InChI is InChI=1S/C30H42FN/c1-2-3-4-6-24-15-19-28(20-16-24)29-21-17-27(18-22-29)14-13-26-11-9-25(10-12-26)7-5-8-30(31)23-32/h5,7-8,15-16,19-20,25-27,29H,2-4,6,9-14,17-18,21-22H2,1H3/b7-5+,30-8-. The molecule has 2 fully saturated rings. The molecule has 0 atom stereocenters. The summed E-state index contributed by atoms with van der Waals surface area (Å²) >= 11 is 0. The third-order valence-corrected chi connectivity index (χ3v) is 7.97. The van der Waals surface area contributed by atoms with E-state index in [0.29, 0.717) is 5.92 Å². The minimum absolute atomic E-state index is 0.558. The highest BCUT2D eigenvalue weighted by molar-refractivity contribution is 5.26. The molecule has 0 N–H and O–H groups in total. The van der Waals surface area contributed by atoms with Gasteiger partial charge >= 0.3 is 0 Å². The Morgan fingerprint density at radius 3 is 2.16 bits per heavy atom. The topological polar surface area (TPSA) is 23.8 Å². The van der Waals surface area contributed by atoms with Crippen LogP contribution in [0.1, 0.15) is 107 Å². The number of allylic oxidation sites excluding steroid dienone is 4. The zero-order valence-corrected chi connectivity index (χ0v) is 20.1. The van der Waals surface area contributed by atoms with Crippen LogP contribution in [0.4, 0.5) is 4.39 Å². The van der Waals surface area contributed by atoms with E-state index in [2.05, 4.69) is 37.3 Å². The van der Waals surface area contributed by atoms with Gasteiger partial charge < -0.3 is 0 Å². The predicted molar refractivity (Wildman–Crippen MR) is 133 cm³/mol. The molecule has 174 valence electrons. The second-order valence-electron chi connectivity index (χ2n) is 10.3. The van der Waals surface area contributed by atoms with Crippen LogP contribution in [0, 0.1) is 29.1 Å². The van der Waals surface area contributed by atoms with Crippen molar-refractivity contribution in [3.05, 3.63) is 59.4 Å². The zero-order chi connectivity index (χ0) is 22.6. The molecule has 32 heavy (non-hydrogen) atoms. The lowest BCUT2D eigenvalue weighted by Crippen LogP contribution is -2.17. The minimum atomic E-state index is -0.705. The number of benzene rings is 1. The molecular formula is C30H42FN. The molecule has 0 unspecified atom stereocenters. The summed E-state index contributed by atoms with van der Waals surface area (Å²) in [5.74, 6) is 2.44. The van der Waals surface area contributed by atoms with E-state index in [-0.39, 0.29) is 0 Å². The summed E-state index contributed by atoms with van der Waals surface area (Å²) in [5, 5.41) is 8.46. The Morgan fingerprint density at radius 1 is 0.938 bits per heavy atom. The van der Waals surface area contributed by atoms with E-state index in [4.69, 9.17) is 5.26 Å². The van der Waals surface area contributed by atoms with Crippen molar-refractivity contribution in [3.63, 3.8) is 0 Å². The molecule has 2 aliphatic rings. The molecule has 1 aromatic rings. The summed E-state index contributed by atoms with van der Waals surface area (Å²) in [6.45, 7) is 2.27. The Bertz CT molecular complexity index is 753. The fraction of sp³-hybridized carbons (Fsp3) is 0.633. The summed E-state index contributed by atoms with van der Waals surface area (Å²) in [7, 11) is 0. The van der Waals surface area contributed by atoms with Crippen LogP contribution in [0.25, 0.3) is 0 Å². The smallest absolute Gasteiger partial charge is 0.195 e. The SMILES string of the molecule is CCCCCc1ccc(C2CCC(CCC3CCC(/C=C/C=C(\F)C#N)CC3)CC2)cc1. The third kappa shape index (κ3) is 8.23. The molecule has 0 spiro atoms. The van der Waals surface area contributed by atoms with Crippen molar-refractivity contribution in [1.82, 2.24) is 0 Å². The van der Waals surface area contributed by atoms with Gasteiger partial charge in [-0.15, -0.1) is 0 Å². The molecule has 0 aliphatic heterocycles. The molecule has 1 nitrogen and oxygen atoms in total. The van der Waals surface area contributed by atoms with Crippen molar-refractivity contribution in [3.8, 4) is 6.07 Å². The average molecular weight is 436 g/mol. The van der Waals surface area contributed by atoms with Gasteiger partial charge in [-0.25, -0.2) is 0 Å². The first-order chi connectivity index (χ1) is 15.7. The highest BCUT2D eigenvalue weighted by Gasteiger charge is 2.24. The number of nitriles is 1. The van der Waals surface area contributed by atoms with Crippen LogP contribution >= 0.6 is 0 Å². The molecule has 0 heterocycles. The molecular weight excluding hydrogens is 393 g/mol. The molecule has 0 saturated heterocycles. The van der Waals surface area contributed by atoms with Crippen LogP contribution in [0.2, 0.25) is 0 Å². The Kier molecular flexibility index (Phi) is 10.5. The maximum atomic E-state index is 12.9. The van der Waals surface area contributed by atoms with Crippen molar-refractivity contribution < 1.29 is 4.39 Å². The summed E-state index contributed by atoms with van der Waals surface area (Å²) in [6.07, 6.45) is 23.6. The largest absolute Gasteiger partial charge is 0.199 e. The van der Waals surface area contributed by atoms with Gasteiger partial charge in [0.2, 0.25) is 0 Å². The first kappa shape index (κ1) is 24.8. The van der Waals surface area contributed by atoms with E-state index < -0.39 is 5.83 Å². The average Bonchev–Trinajstić information content (AvgIpc) is 2.84. The number of unbranched alkanes of at least 4 members (excludes halogenated alkanes) is 2. The lowest BCUT2D eigenvalue weighted by Gasteiger charge is -2.31. The second kappa shape index (κ2) is 13.6. The zero-order valence-electron chi connectivity index (χ0n) is 20.1. The van der Waals surface area contributed by atoms with E-state index in [1.165, 1.54) is 108 Å². The molecule has 3 rings (SSSR count). The maximum Gasteiger partial charge on any atom is 0.199 e. The van der Waals surface area contributed by atoms with Crippen LogP contribution in [0.15, 0.2) is 48.3 Å². The monoisotopic (exact) mass is 435 g/mol. The van der Waals surface area contributed by atoms with Gasteiger partial charge in [0.25, 0.3) is 0 Å². The van der Waals surface area contributed by atoms with Crippen LogP contribution in [0.5, 0.6) is 0 Å². The number of hydrogen-bond acceptors (Lipinski definition) is 1. The van der Waals surface area contributed by atoms with E-state index in [0.717, 1.165) is 17.8 Å². The molecule has 0 radical (unpaired) electrons. The predicted octanol–water partition coefficient (Wildman–Crippen LogP) is 9.21. The first-order valence-electron chi connectivity index (χ1n) is 13.2. The maximum absolute atomic E-state index is 12.9. The minimum Gasteiger partial charge on any atom is -0.195 e. The van der Waals surface area contributed by atoms with Gasteiger partial charge in [-0.05, 0) is 105 Å². The van der Waals surface area contributed by atoms with E-state index in [1.54, 1.807) is 11.6 Å². The van der Waals surface area contributed by atoms with Gasteiger partial charge in [-0.3, -0.25) is 0 Å². The van der Waals surface area contributed by atoms with Gasteiger partial charge in [0.1, 0.15) is 6.07 Å². The summed E-state index contributed by atoms with van der Waals surface area (Å²) < 4.78 is 12.9. The van der Waals surface area contributed by atoms with E-state index >= 15 is 0 Å². The summed E-state index contributed by atoms with van der Waals surface area (Å²) in [4.78, 5) is 0. The highest BCUT2D eigenvalue weighted by Crippen LogP contribution is 2.40. The Morgan fingerprint density at radius 2 is 1.56 bits per heavy atom. The number of aryl methyl sites for hydroxylation is 1. The van der Waals surface area contributed by atoms with Crippen molar-refractivity contribution >= 4 is 0 Å². The van der Waals surface area contributed by atoms with Crippen molar-refractivity contribution in [1.29, 1.82) is 5.26 Å². The van der Waals surface area contributed by atoms with Gasteiger partial charge in [-0.1, -0.05) is 69.0 Å². The fourth-order valence-electron chi connectivity index (χ4n) is 5.80. The molecule has 2 saturated carbocycles.